The molecule has 6 nitrogen and oxygen atoms in total. The van der Waals surface area contributed by atoms with Gasteiger partial charge in [0.05, 0.1) is 22.4 Å². The molecule has 0 aliphatic carbocycles. The van der Waals surface area contributed by atoms with Gasteiger partial charge in [-0.25, -0.2) is 9.07 Å². The summed E-state index contributed by atoms with van der Waals surface area (Å²) in [6, 6.07) is 18.8. The summed E-state index contributed by atoms with van der Waals surface area (Å²) >= 11 is 6.43. The van der Waals surface area contributed by atoms with E-state index in [2.05, 4.69) is 10.5 Å². The highest BCUT2D eigenvalue weighted by Gasteiger charge is 2.18. The van der Waals surface area contributed by atoms with E-state index in [1.165, 1.54) is 18.4 Å². The molecule has 2 heterocycles. The number of nitrogens with one attached hydrogen (secondary N) is 1. The van der Waals surface area contributed by atoms with Crippen LogP contribution in [0.2, 0.25) is 5.02 Å². The van der Waals surface area contributed by atoms with Gasteiger partial charge in [0.15, 0.2) is 0 Å². The van der Waals surface area contributed by atoms with Crippen molar-refractivity contribution in [2.45, 2.75) is 6.54 Å². The maximum absolute atomic E-state index is 13.5. The molecule has 0 unspecified atom stereocenters. The average molecular weight is 447 g/mol. The topological polar surface area (TPSA) is 73.0 Å². The number of carbonyl (C=O) groups excluding carboxylic acids is 1. The monoisotopic (exact) mass is 446 g/mol. The predicted octanol–water partition coefficient (Wildman–Crippen LogP) is 5.40. The van der Waals surface area contributed by atoms with Crippen LogP contribution in [0, 0.1) is 5.82 Å². The minimum atomic E-state index is -0.342. The number of hydrogen-bond acceptors (Lipinski definition) is 4. The Morgan fingerprint density at radius 3 is 2.66 bits per heavy atom. The highest BCUT2D eigenvalue weighted by Crippen LogP contribution is 2.34. The number of nitrogens with zero attached hydrogens (tertiary/aromatic N) is 3. The van der Waals surface area contributed by atoms with Crippen molar-refractivity contribution in [2.24, 2.45) is 0 Å². The summed E-state index contributed by atoms with van der Waals surface area (Å²) in [5, 5.41) is 12.6. The van der Waals surface area contributed by atoms with E-state index in [-0.39, 0.29) is 11.7 Å². The fraction of sp³-hybridized carbons (Fsp3) is 0.0417. The highest BCUT2D eigenvalue weighted by molar-refractivity contribution is 6.33. The van der Waals surface area contributed by atoms with Crippen molar-refractivity contribution in [1.82, 2.24) is 20.3 Å². The number of benzene rings is 3. The summed E-state index contributed by atoms with van der Waals surface area (Å²) in [6.45, 7) is 0.294. The van der Waals surface area contributed by atoms with Crippen molar-refractivity contribution < 1.29 is 13.7 Å². The zero-order valence-corrected chi connectivity index (χ0v) is 17.4. The normalized spacial score (nSPS) is 11.1. The lowest BCUT2D eigenvalue weighted by molar-refractivity contribution is 0.0951. The van der Waals surface area contributed by atoms with Gasteiger partial charge < -0.3 is 9.84 Å². The number of amides is 1. The Balaban J connectivity index is 1.61. The van der Waals surface area contributed by atoms with Crippen molar-refractivity contribution >= 4 is 28.4 Å². The van der Waals surface area contributed by atoms with Gasteiger partial charge in [0.25, 0.3) is 5.91 Å². The Morgan fingerprint density at radius 1 is 1.09 bits per heavy atom. The summed E-state index contributed by atoms with van der Waals surface area (Å²) < 4.78 is 20.0. The van der Waals surface area contributed by atoms with Gasteiger partial charge in [-0.05, 0) is 48.5 Å². The maximum atomic E-state index is 13.5. The van der Waals surface area contributed by atoms with Crippen molar-refractivity contribution in [2.75, 3.05) is 0 Å². The van der Waals surface area contributed by atoms with Crippen LogP contribution in [0.15, 0.2) is 83.7 Å². The van der Waals surface area contributed by atoms with Crippen LogP contribution in [0.1, 0.15) is 15.9 Å². The van der Waals surface area contributed by atoms with E-state index in [1.54, 1.807) is 41.2 Å². The van der Waals surface area contributed by atoms with Crippen molar-refractivity contribution in [3.8, 4) is 16.9 Å². The molecule has 0 saturated heterocycles. The molecule has 1 amide bonds. The van der Waals surface area contributed by atoms with Crippen LogP contribution in [0.4, 0.5) is 4.39 Å². The van der Waals surface area contributed by atoms with Gasteiger partial charge in [0, 0.05) is 28.6 Å². The van der Waals surface area contributed by atoms with Gasteiger partial charge in [-0.1, -0.05) is 35.0 Å². The average Bonchev–Trinajstić information content (AvgIpc) is 3.46. The smallest absolute Gasteiger partial charge is 0.251 e. The van der Waals surface area contributed by atoms with Crippen LogP contribution >= 0.6 is 11.6 Å². The number of halogens is 2. The summed E-state index contributed by atoms with van der Waals surface area (Å²) in [5.74, 6) is -0.593. The highest BCUT2D eigenvalue weighted by atomic mass is 35.5. The van der Waals surface area contributed by atoms with Gasteiger partial charge >= 0.3 is 0 Å². The van der Waals surface area contributed by atoms with Crippen molar-refractivity contribution in [3.63, 3.8) is 0 Å². The van der Waals surface area contributed by atoms with E-state index in [0.717, 1.165) is 16.5 Å². The summed E-state index contributed by atoms with van der Waals surface area (Å²) in [6.07, 6.45) is 3.02. The molecule has 5 rings (SSSR count). The van der Waals surface area contributed by atoms with Gasteiger partial charge in [0.2, 0.25) is 0 Å². The molecule has 158 valence electrons. The SMILES string of the molecule is O=C(NCc1cnoc1)c1ccc2c(-c3ccccc3Cl)nn(-c3ccc(F)cc3)c2c1. The Kier molecular flexibility index (Phi) is 5.17. The summed E-state index contributed by atoms with van der Waals surface area (Å²) in [5.41, 5.74) is 4.02. The Labute approximate surface area is 187 Å². The molecule has 5 aromatic rings. The van der Waals surface area contributed by atoms with E-state index in [4.69, 9.17) is 21.2 Å². The number of aromatic nitrogens is 3. The van der Waals surface area contributed by atoms with Crippen LogP contribution in [0.25, 0.3) is 27.8 Å². The van der Waals surface area contributed by atoms with Crippen LogP contribution in [0.3, 0.4) is 0 Å². The maximum Gasteiger partial charge on any atom is 0.251 e. The molecule has 2 aromatic heterocycles. The molecular weight excluding hydrogens is 431 g/mol. The Morgan fingerprint density at radius 2 is 1.91 bits per heavy atom. The van der Waals surface area contributed by atoms with E-state index in [9.17, 15) is 9.18 Å². The minimum Gasteiger partial charge on any atom is -0.364 e. The molecule has 0 atom stereocenters. The lowest BCUT2D eigenvalue weighted by Crippen LogP contribution is -2.22. The second-order valence-corrected chi connectivity index (χ2v) is 7.57. The lowest BCUT2D eigenvalue weighted by atomic mass is 10.1. The molecule has 0 spiro atoms. The first-order valence-corrected chi connectivity index (χ1v) is 10.2. The summed E-state index contributed by atoms with van der Waals surface area (Å²) in [7, 11) is 0. The van der Waals surface area contributed by atoms with Gasteiger partial charge in [-0.3, -0.25) is 4.79 Å². The van der Waals surface area contributed by atoms with E-state index in [0.29, 0.717) is 34.0 Å². The van der Waals surface area contributed by atoms with Crippen LogP contribution in [-0.4, -0.2) is 20.8 Å². The zero-order chi connectivity index (χ0) is 22.1. The molecular formula is C24H16ClFN4O2. The molecule has 1 N–H and O–H groups in total. The van der Waals surface area contributed by atoms with Gasteiger partial charge in [0.1, 0.15) is 17.8 Å². The van der Waals surface area contributed by atoms with E-state index >= 15 is 0 Å². The predicted molar refractivity (Wildman–Crippen MR) is 119 cm³/mol. The number of hydrogen-bond donors (Lipinski definition) is 1. The van der Waals surface area contributed by atoms with Crippen LogP contribution in [-0.2, 0) is 6.54 Å². The van der Waals surface area contributed by atoms with Crippen LogP contribution in [0.5, 0.6) is 0 Å². The first-order valence-electron chi connectivity index (χ1n) is 9.80. The second kappa shape index (κ2) is 8.28. The molecule has 0 saturated carbocycles. The molecule has 0 radical (unpaired) electrons. The summed E-state index contributed by atoms with van der Waals surface area (Å²) in [4.78, 5) is 12.7. The Hall–Kier alpha value is -3.97. The van der Waals surface area contributed by atoms with Gasteiger partial charge in [-0.2, -0.15) is 5.10 Å². The second-order valence-electron chi connectivity index (χ2n) is 7.16. The van der Waals surface area contributed by atoms with Crippen molar-refractivity contribution in [3.05, 3.63) is 101 Å². The first-order chi connectivity index (χ1) is 15.6. The van der Waals surface area contributed by atoms with Gasteiger partial charge in [-0.15, -0.1) is 0 Å². The number of rotatable bonds is 5. The molecule has 32 heavy (non-hydrogen) atoms. The molecule has 0 fully saturated rings. The van der Waals surface area contributed by atoms with E-state index in [1.807, 2.05) is 24.3 Å². The third-order valence-corrected chi connectivity index (χ3v) is 5.41. The third-order valence-electron chi connectivity index (χ3n) is 5.08. The fourth-order valence-corrected chi connectivity index (χ4v) is 3.71. The molecule has 0 aliphatic rings. The quantitative estimate of drug-likeness (QED) is 0.392. The van der Waals surface area contributed by atoms with Crippen LogP contribution < -0.4 is 5.32 Å². The molecule has 3 aromatic carbocycles. The number of fused-ring (bicyclic) bond motifs is 1. The lowest BCUT2D eigenvalue weighted by Gasteiger charge is -2.06. The minimum absolute atomic E-state index is 0.251. The first kappa shape index (κ1) is 20.0. The number of carbonyl (C=O) groups is 1. The standard InChI is InChI=1S/C24H16ClFN4O2/c25-21-4-2-1-3-19(21)23-20-10-5-16(24(31)27-12-15-13-28-32-14-15)11-22(20)30(29-23)18-8-6-17(26)7-9-18/h1-11,13-14H,12H2,(H,27,31). The van der Waals surface area contributed by atoms with Crippen molar-refractivity contribution in [1.29, 1.82) is 0 Å². The fourth-order valence-electron chi connectivity index (χ4n) is 3.49. The Bertz CT molecular complexity index is 1410. The molecule has 0 aliphatic heterocycles. The molecule has 8 heteroatoms. The largest absolute Gasteiger partial charge is 0.364 e. The van der Waals surface area contributed by atoms with E-state index < -0.39 is 0 Å². The zero-order valence-electron chi connectivity index (χ0n) is 16.6. The third kappa shape index (κ3) is 3.74. The molecule has 0 bridgehead atoms.